The van der Waals surface area contributed by atoms with Crippen molar-refractivity contribution in [3.8, 4) is 11.5 Å². The third kappa shape index (κ3) is 3.71. The Morgan fingerprint density at radius 2 is 2.15 bits per heavy atom. The summed E-state index contributed by atoms with van der Waals surface area (Å²) in [6.07, 6.45) is 0. The standard InChI is InChI=1S/C17H14ClNO7/c1-23-15-3-2-12(18)6-14(15)17(20)25-8-11-5-13(19(21)22)4-10-7-24-9-26-16(10)11/h2-6H,7-9H2,1H3. The van der Waals surface area contributed by atoms with Gasteiger partial charge in [-0.2, -0.15) is 0 Å². The predicted octanol–water partition coefficient (Wildman–Crippen LogP) is 3.48. The van der Waals surface area contributed by atoms with Crippen LogP contribution in [0.15, 0.2) is 30.3 Å². The highest BCUT2D eigenvalue weighted by Gasteiger charge is 2.22. The number of nitro benzene ring substituents is 1. The van der Waals surface area contributed by atoms with Crippen molar-refractivity contribution >= 4 is 23.3 Å². The Labute approximate surface area is 153 Å². The van der Waals surface area contributed by atoms with Crippen LogP contribution >= 0.6 is 11.6 Å². The maximum absolute atomic E-state index is 12.4. The fraction of sp³-hybridized carbons (Fsp3) is 0.235. The van der Waals surface area contributed by atoms with Gasteiger partial charge in [0.2, 0.25) is 0 Å². The molecule has 1 heterocycles. The van der Waals surface area contributed by atoms with Gasteiger partial charge in [0.1, 0.15) is 23.7 Å². The highest BCUT2D eigenvalue weighted by atomic mass is 35.5. The van der Waals surface area contributed by atoms with Crippen LogP contribution in [0.1, 0.15) is 21.5 Å². The van der Waals surface area contributed by atoms with E-state index < -0.39 is 10.9 Å². The normalized spacial score (nSPS) is 12.7. The van der Waals surface area contributed by atoms with Gasteiger partial charge >= 0.3 is 5.97 Å². The summed E-state index contributed by atoms with van der Waals surface area (Å²) in [7, 11) is 1.42. The average Bonchev–Trinajstić information content (AvgIpc) is 2.65. The van der Waals surface area contributed by atoms with Gasteiger partial charge in [-0.25, -0.2) is 4.79 Å². The van der Waals surface area contributed by atoms with Gasteiger partial charge in [-0.05, 0) is 18.2 Å². The molecular weight excluding hydrogens is 366 g/mol. The molecule has 2 aromatic carbocycles. The van der Waals surface area contributed by atoms with Crippen LogP contribution in [0, 0.1) is 10.1 Å². The molecule has 9 heteroatoms. The zero-order valence-electron chi connectivity index (χ0n) is 13.7. The Bertz CT molecular complexity index is 868. The van der Waals surface area contributed by atoms with Gasteiger partial charge in [-0.3, -0.25) is 10.1 Å². The Balaban J connectivity index is 1.85. The number of methoxy groups -OCH3 is 1. The van der Waals surface area contributed by atoms with E-state index in [0.29, 0.717) is 27.6 Å². The van der Waals surface area contributed by atoms with Crippen molar-refractivity contribution in [2.45, 2.75) is 13.2 Å². The van der Waals surface area contributed by atoms with Crippen LogP contribution in [0.5, 0.6) is 11.5 Å². The van der Waals surface area contributed by atoms with E-state index in [9.17, 15) is 14.9 Å². The molecule has 26 heavy (non-hydrogen) atoms. The van der Waals surface area contributed by atoms with E-state index in [4.69, 9.17) is 30.5 Å². The number of nitro groups is 1. The Morgan fingerprint density at radius 3 is 2.88 bits per heavy atom. The molecule has 3 rings (SSSR count). The number of nitrogens with zero attached hydrogens (tertiary/aromatic N) is 1. The van der Waals surface area contributed by atoms with E-state index in [0.717, 1.165) is 0 Å². The molecule has 0 spiro atoms. The summed E-state index contributed by atoms with van der Waals surface area (Å²) < 4.78 is 21.0. The number of rotatable bonds is 5. The van der Waals surface area contributed by atoms with Gasteiger partial charge in [0.25, 0.3) is 5.69 Å². The molecule has 8 nitrogen and oxygen atoms in total. The second-order valence-electron chi connectivity index (χ2n) is 5.38. The number of ether oxygens (including phenoxy) is 4. The molecule has 0 bridgehead atoms. The lowest BCUT2D eigenvalue weighted by Crippen LogP contribution is -2.15. The second kappa shape index (κ2) is 7.59. The fourth-order valence-electron chi connectivity index (χ4n) is 2.55. The summed E-state index contributed by atoms with van der Waals surface area (Å²) in [6, 6.07) is 7.25. The Hall–Kier alpha value is -2.84. The monoisotopic (exact) mass is 379 g/mol. The van der Waals surface area contributed by atoms with E-state index in [1.807, 2.05) is 0 Å². The number of carbonyl (C=O) groups excluding carboxylic acids is 1. The van der Waals surface area contributed by atoms with Gasteiger partial charge in [0.05, 0.1) is 18.6 Å². The molecule has 1 aliphatic heterocycles. The number of fused-ring (bicyclic) bond motifs is 1. The van der Waals surface area contributed by atoms with E-state index in [-0.39, 0.29) is 31.3 Å². The topological polar surface area (TPSA) is 97.1 Å². The van der Waals surface area contributed by atoms with Crippen molar-refractivity contribution in [3.05, 3.63) is 62.2 Å². The van der Waals surface area contributed by atoms with E-state index >= 15 is 0 Å². The second-order valence-corrected chi connectivity index (χ2v) is 5.82. The first kappa shape index (κ1) is 18.0. The molecule has 0 saturated carbocycles. The largest absolute Gasteiger partial charge is 0.496 e. The Morgan fingerprint density at radius 1 is 1.35 bits per heavy atom. The zero-order valence-corrected chi connectivity index (χ0v) is 14.4. The third-order valence-electron chi connectivity index (χ3n) is 3.72. The summed E-state index contributed by atoms with van der Waals surface area (Å²) in [5.41, 5.74) is 0.927. The summed E-state index contributed by atoms with van der Waals surface area (Å²) in [6.45, 7) is -0.00748. The average molecular weight is 380 g/mol. The molecule has 0 saturated heterocycles. The molecule has 1 aliphatic rings. The molecule has 0 atom stereocenters. The first-order chi connectivity index (χ1) is 12.5. The third-order valence-corrected chi connectivity index (χ3v) is 3.96. The minimum atomic E-state index is -0.670. The zero-order chi connectivity index (χ0) is 18.7. The maximum atomic E-state index is 12.4. The van der Waals surface area contributed by atoms with Crippen molar-refractivity contribution in [1.29, 1.82) is 0 Å². The van der Waals surface area contributed by atoms with Gasteiger partial charge in [-0.1, -0.05) is 11.6 Å². The molecule has 2 aromatic rings. The molecule has 0 radical (unpaired) electrons. The van der Waals surface area contributed by atoms with E-state index in [1.165, 1.54) is 25.3 Å². The van der Waals surface area contributed by atoms with Crippen LogP contribution in [0.25, 0.3) is 0 Å². The lowest BCUT2D eigenvalue weighted by molar-refractivity contribution is -0.385. The van der Waals surface area contributed by atoms with Gasteiger partial charge in [0.15, 0.2) is 6.79 Å². The number of halogens is 1. The summed E-state index contributed by atoms with van der Waals surface area (Å²) >= 11 is 5.91. The highest BCUT2D eigenvalue weighted by Crippen LogP contribution is 2.33. The molecule has 0 unspecified atom stereocenters. The maximum Gasteiger partial charge on any atom is 0.342 e. The summed E-state index contributed by atoms with van der Waals surface area (Å²) in [5.74, 6) is 0.0643. The first-order valence-electron chi connectivity index (χ1n) is 7.51. The van der Waals surface area contributed by atoms with E-state index in [1.54, 1.807) is 12.1 Å². The van der Waals surface area contributed by atoms with Crippen LogP contribution in [0.4, 0.5) is 5.69 Å². The quantitative estimate of drug-likeness (QED) is 0.445. The molecule has 0 N–H and O–H groups in total. The van der Waals surface area contributed by atoms with Crippen LogP contribution in [-0.2, 0) is 22.7 Å². The SMILES string of the molecule is COc1ccc(Cl)cc1C(=O)OCc1cc([N+](=O)[O-])cc2c1OCOC2. The molecule has 0 aromatic heterocycles. The lowest BCUT2D eigenvalue weighted by Gasteiger charge is -2.20. The first-order valence-corrected chi connectivity index (χ1v) is 7.88. The van der Waals surface area contributed by atoms with Crippen molar-refractivity contribution in [1.82, 2.24) is 0 Å². The van der Waals surface area contributed by atoms with Crippen molar-refractivity contribution in [3.63, 3.8) is 0 Å². The van der Waals surface area contributed by atoms with Gasteiger partial charge in [0, 0.05) is 28.3 Å². The number of non-ortho nitro benzene ring substituents is 1. The molecule has 0 amide bonds. The molecule has 0 aliphatic carbocycles. The Kier molecular flexibility index (Phi) is 5.24. The van der Waals surface area contributed by atoms with Crippen LogP contribution in [0.3, 0.4) is 0 Å². The van der Waals surface area contributed by atoms with Gasteiger partial charge < -0.3 is 18.9 Å². The molecule has 0 fully saturated rings. The van der Waals surface area contributed by atoms with Crippen LogP contribution < -0.4 is 9.47 Å². The minimum absolute atomic E-state index is 0.0217. The van der Waals surface area contributed by atoms with Crippen molar-refractivity contribution < 1.29 is 28.7 Å². The molecular formula is C17H14ClNO7. The minimum Gasteiger partial charge on any atom is -0.496 e. The number of benzene rings is 2. The van der Waals surface area contributed by atoms with Gasteiger partial charge in [-0.15, -0.1) is 0 Å². The summed E-state index contributed by atoms with van der Waals surface area (Å²) in [4.78, 5) is 23.0. The number of hydrogen-bond acceptors (Lipinski definition) is 7. The summed E-state index contributed by atoms with van der Waals surface area (Å²) in [5, 5.41) is 11.5. The number of carbonyl (C=O) groups is 1. The van der Waals surface area contributed by atoms with Crippen molar-refractivity contribution in [2.75, 3.05) is 13.9 Å². The highest BCUT2D eigenvalue weighted by molar-refractivity contribution is 6.31. The molecule has 136 valence electrons. The number of esters is 1. The van der Waals surface area contributed by atoms with Crippen molar-refractivity contribution in [2.24, 2.45) is 0 Å². The predicted molar refractivity (Wildman–Crippen MR) is 90.5 cm³/mol. The number of hydrogen-bond donors (Lipinski definition) is 0. The van der Waals surface area contributed by atoms with Crippen LogP contribution in [-0.4, -0.2) is 24.8 Å². The van der Waals surface area contributed by atoms with Crippen LogP contribution in [0.2, 0.25) is 5.02 Å². The fourth-order valence-corrected chi connectivity index (χ4v) is 2.73. The smallest absolute Gasteiger partial charge is 0.342 e. The lowest BCUT2D eigenvalue weighted by atomic mass is 10.1. The van der Waals surface area contributed by atoms with E-state index in [2.05, 4.69) is 0 Å².